The standard InChI is InChI=1S/C28H42O5/c1-6-7-10-19(4)25(30)14-13-23-24-16-21(15-22(24)17-26(23)31)11-8-9-12-27(32)33-28(18(2)3)20(5)29/h11,13-14,18-19,22-26,28,30-31H,8-10,12,15-17H2,1-5H3/b14-13+,21-11+/t19?,22-,23+,24-,25+,26+,28-/m0/s1. The Bertz CT molecular complexity index is 784. The lowest BCUT2D eigenvalue weighted by Crippen LogP contribution is -2.30. The van der Waals surface area contributed by atoms with Crippen LogP contribution in [0.2, 0.25) is 0 Å². The van der Waals surface area contributed by atoms with Crippen molar-refractivity contribution in [1.29, 1.82) is 0 Å². The highest BCUT2D eigenvalue weighted by molar-refractivity contribution is 5.83. The molecule has 0 aromatic carbocycles. The van der Waals surface area contributed by atoms with Crippen LogP contribution in [0.3, 0.4) is 0 Å². The number of hydrogen-bond acceptors (Lipinski definition) is 5. The molecule has 0 saturated heterocycles. The van der Waals surface area contributed by atoms with Crippen LogP contribution in [-0.2, 0) is 14.3 Å². The second-order valence-electron chi connectivity index (χ2n) is 10.2. The van der Waals surface area contributed by atoms with Gasteiger partial charge in [0.05, 0.1) is 12.2 Å². The summed E-state index contributed by atoms with van der Waals surface area (Å²) in [6, 6.07) is 0. The first kappa shape index (κ1) is 27.3. The van der Waals surface area contributed by atoms with Gasteiger partial charge in [-0.25, -0.2) is 0 Å². The van der Waals surface area contributed by atoms with Crippen LogP contribution in [0.15, 0.2) is 23.8 Å². The zero-order valence-electron chi connectivity index (χ0n) is 20.9. The maximum atomic E-state index is 12.1. The number of hydrogen-bond donors (Lipinski definition) is 2. The van der Waals surface area contributed by atoms with E-state index in [1.807, 2.05) is 32.9 Å². The number of carbonyl (C=O) groups excluding carboxylic acids is 2. The monoisotopic (exact) mass is 458 g/mol. The van der Waals surface area contributed by atoms with E-state index in [-0.39, 0.29) is 35.6 Å². The highest BCUT2D eigenvalue weighted by Gasteiger charge is 2.45. The topological polar surface area (TPSA) is 83.8 Å². The molecule has 5 nitrogen and oxygen atoms in total. The SMILES string of the molecule is CC#CCC(C)[C@H](O)/C=C/[C@@H]1[C@H]2C/C(=C/CCCC(=O)O[C@H](C(C)=O)C(C)C)C[C@H]2C[C@H]1O. The molecule has 2 N–H and O–H groups in total. The first-order valence-electron chi connectivity index (χ1n) is 12.5. The molecule has 33 heavy (non-hydrogen) atoms. The Labute approximate surface area is 199 Å². The summed E-state index contributed by atoms with van der Waals surface area (Å²) in [5, 5.41) is 20.9. The number of fused-ring (bicyclic) bond motifs is 1. The molecule has 184 valence electrons. The third-order valence-electron chi connectivity index (χ3n) is 7.11. The van der Waals surface area contributed by atoms with Gasteiger partial charge in [0.2, 0.25) is 0 Å². The van der Waals surface area contributed by atoms with Gasteiger partial charge in [-0.3, -0.25) is 9.59 Å². The van der Waals surface area contributed by atoms with E-state index < -0.39 is 12.2 Å². The van der Waals surface area contributed by atoms with E-state index in [4.69, 9.17) is 4.74 Å². The van der Waals surface area contributed by atoms with Crippen molar-refractivity contribution in [1.82, 2.24) is 0 Å². The molecule has 0 aliphatic heterocycles. The second-order valence-corrected chi connectivity index (χ2v) is 10.2. The minimum atomic E-state index is -0.650. The summed E-state index contributed by atoms with van der Waals surface area (Å²) in [6.45, 7) is 9.01. The number of ether oxygens (including phenoxy) is 1. The third-order valence-corrected chi connectivity index (χ3v) is 7.11. The molecule has 7 atom stereocenters. The van der Waals surface area contributed by atoms with Crippen molar-refractivity contribution in [2.45, 2.75) is 97.9 Å². The molecule has 0 spiro atoms. The number of allylic oxidation sites excluding steroid dienone is 2. The minimum Gasteiger partial charge on any atom is -0.454 e. The van der Waals surface area contributed by atoms with E-state index in [1.165, 1.54) is 12.5 Å². The number of unbranched alkanes of at least 4 members (excludes halogenated alkanes) is 1. The van der Waals surface area contributed by atoms with Gasteiger partial charge in [-0.05, 0) is 69.6 Å². The van der Waals surface area contributed by atoms with Crippen LogP contribution >= 0.6 is 0 Å². The minimum absolute atomic E-state index is 0.0156. The van der Waals surface area contributed by atoms with E-state index in [2.05, 4.69) is 17.9 Å². The quantitative estimate of drug-likeness (QED) is 0.204. The maximum Gasteiger partial charge on any atom is 0.306 e. The van der Waals surface area contributed by atoms with Crippen LogP contribution < -0.4 is 0 Å². The number of carbonyl (C=O) groups is 2. The largest absolute Gasteiger partial charge is 0.454 e. The molecule has 0 amide bonds. The summed E-state index contributed by atoms with van der Waals surface area (Å²) < 4.78 is 5.34. The van der Waals surface area contributed by atoms with Gasteiger partial charge in [0.1, 0.15) is 0 Å². The number of aliphatic hydroxyl groups is 2. The van der Waals surface area contributed by atoms with E-state index in [0.717, 1.165) is 25.7 Å². The fraction of sp³-hybridized carbons (Fsp3) is 0.714. The second kappa shape index (κ2) is 13.1. The molecule has 2 rings (SSSR count). The van der Waals surface area contributed by atoms with Gasteiger partial charge in [0.25, 0.3) is 0 Å². The molecule has 0 radical (unpaired) electrons. The van der Waals surface area contributed by atoms with Gasteiger partial charge < -0.3 is 14.9 Å². The number of esters is 1. The van der Waals surface area contributed by atoms with Gasteiger partial charge in [-0.15, -0.1) is 11.8 Å². The van der Waals surface area contributed by atoms with Crippen molar-refractivity contribution in [3.8, 4) is 11.8 Å². The van der Waals surface area contributed by atoms with Gasteiger partial charge in [-0.2, -0.15) is 0 Å². The molecule has 2 saturated carbocycles. The Kier molecular flexibility index (Phi) is 10.9. The van der Waals surface area contributed by atoms with Gasteiger partial charge in [-0.1, -0.05) is 44.6 Å². The Hall–Kier alpha value is -1.90. The molecule has 0 aromatic rings. The normalized spacial score (nSPS) is 28.4. The number of ketones is 1. The lowest BCUT2D eigenvalue weighted by atomic mass is 9.89. The summed E-state index contributed by atoms with van der Waals surface area (Å²) >= 11 is 0. The van der Waals surface area contributed by atoms with Crippen molar-refractivity contribution >= 4 is 11.8 Å². The van der Waals surface area contributed by atoms with Crippen molar-refractivity contribution in [3.05, 3.63) is 23.8 Å². The van der Waals surface area contributed by atoms with Crippen LogP contribution in [0.4, 0.5) is 0 Å². The van der Waals surface area contributed by atoms with E-state index in [9.17, 15) is 19.8 Å². The highest BCUT2D eigenvalue weighted by atomic mass is 16.5. The molecule has 2 aliphatic rings. The van der Waals surface area contributed by atoms with Gasteiger partial charge >= 0.3 is 5.97 Å². The third kappa shape index (κ3) is 8.12. The van der Waals surface area contributed by atoms with Crippen molar-refractivity contribution < 1.29 is 24.5 Å². The lowest BCUT2D eigenvalue weighted by molar-refractivity contribution is -0.157. The summed E-state index contributed by atoms with van der Waals surface area (Å²) in [7, 11) is 0. The number of Topliss-reactive ketones (excluding diaryl/α,β-unsaturated/α-hetero) is 1. The van der Waals surface area contributed by atoms with E-state index in [0.29, 0.717) is 31.1 Å². The van der Waals surface area contributed by atoms with Crippen LogP contribution in [0.5, 0.6) is 0 Å². The molecule has 5 heteroatoms. The van der Waals surface area contributed by atoms with Crippen molar-refractivity contribution in [2.75, 3.05) is 0 Å². The molecule has 0 bridgehead atoms. The fourth-order valence-corrected chi connectivity index (χ4v) is 5.20. The lowest BCUT2D eigenvalue weighted by Gasteiger charge is -2.19. The predicted molar refractivity (Wildman–Crippen MR) is 130 cm³/mol. The zero-order valence-corrected chi connectivity index (χ0v) is 20.9. The zero-order chi connectivity index (χ0) is 24.5. The van der Waals surface area contributed by atoms with Crippen molar-refractivity contribution in [3.63, 3.8) is 0 Å². The molecule has 0 aromatic heterocycles. The Morgan fingerprint density at radius 3 is 2.61 bits per heavy atom. The van der Waals surface area contributed by atoms with Crippen LogP contribution in [-0.4, -0.2) is 40.3 Å². The number of aliphatic hydroxyl groups excluding tert-OH is 2. The predicted octanol–water partition coefficient (Wildman–Crippen LogP) is 4.61. The first-order valence-corrected chi connectivity index (χ1v) is 12.5. The summed E-state index contributed by atoms with van der Waals surface area (Å²) in [4.78, 5) is 23.7. The molecular weight excluding hydrogens is 416 g/mol. The Morgan fingerprint density at radius 2 is 1.97 bits per heavy atom. The Balaban J connectivity index is 1.82. The molecule has 2 fully saturated rings. The summed E-state index contributed by atoms with van der Waals surface area (Å²) in [5.74, 6) is 6.48. The van der Waals surface area contributed by atoms with E-state index >= 15 is 0 Å². The van der Waals surface area contributed by atoms with Gasteiger partial charge in [0, 0.05) is 18.8 Å². The average Bonchev–Trinajstić information content (AvgIpc) is 3.27. The van der Waals surface area contributed by atoms with E-state index in [1.54, 1.807) is 6.92 Å². The van der Waals surface area contributed by atoms with Crippen LogP contribution in [0, 0.1) is 41.4 Å². The van der Waals surface area contributed by atoms with Crippen molar-refractivity contribution in [2.24, 2.45) is 29.6 Å². The summed E-state index contributed by atoms with van der Waals surface area (Å²) in [6.07, 6.45) is 9.83. The Morgan fingerprint density at radius 1 is 1.24 bits per heavy atom. The number of rotatable bonds is 11. The average molecular weight is 459 g/mol. The maximum absolute atomic E-state index is 12.1. The highest BCUT2D eigenvalue weighted by Crippen LogP contribution is 2.50. The summed E-state index contributed by atoms with van der Waals surface area (Å²) in [5.41, 5.74) is 1.40. The van der Waals surface area contributed by atoms with Crippen LogP contribution in [0.1, 0.15) is 79.6 Å². The smallest absolute Gasteiger partial charge is 0.306 e. The molecular formula is C28H42O5. The molecule has 2 aliphatic carbocycles. The fourth-order valence-electron chi connectivity index (χ4n) is 5.20. The van der Waals surface area contributed by atoms with Crippen LogP contribution in [0.25, 0.3) is 0 Å². The van der Waals surface area contributed by atoms with Gasteiger partial charge in [0.15, 0.2) is 11.9 Å². The molecule has 1 unspecified atom stereocenters. The molecule has 0 heterocycles. The first-order chi connectivity index (χ1) is 15.6.